The molecule has 0 bridgehead atoms. The zero-order valence-electron chi connectivity index (χ0n) is 16.8. The van der Waals surface area contributed by atoms with E-state index in [1.54, 1.807) is 35.7 Å². The van der Waals surface area contributed by atoms with E-state index in [2.05, 4.69) is 20.3 Å². The van der Waals surface area contributed by atoms with E-state index in [0.29, 0.717) is 16.5 Å². The first-order valence-electron chi connectivity index (χ1n) is 9.15. The van der Waals surface area contributed by atoms with Crippen LogP contribution in [0.5, 0.6) is 0 Å². The molecule has 12 heteroatoms. The first kappa shape index (κ1) is 23.7. The number of para-hydroxylation sites is 1. The number of nitrogens with one attached hydrogen (secondary N) is 3. The number of thioether (sulfide) groups is 1. The number of sulfonamides is 1. The Morgan fingerprint density at radius 3 is 2.34 bits per heavy atom. The third-order valence-corrected chi connectivity index (χ3v) is 6.15. The van der Waals surface area contributed by atoms with Gasteiger partial charge >= 0.3 is 0 Å². The van der Waals surface area contributed by atoms with Crippen molar-refractivity contribution in [3.8, 4) is 11.3 Å². The Morgan fingerprint density at radius 1 is 1.03 bits per heavy atom. The molecule has 1 aromatic heterocycles. The molecule has 0 aliphatic heterocycles. The van der Waals surface area contributed by atoms with Crippen molar-refractivity contribution in [1.82, 2.24) is 4.98 Å². The molecular formula is C20H19FN4O4S3. The number of halogens is 1. The molecule has 0 aliphatic rings. The SMILES string of the molecule is CS(=O)(=O)Nc1ccc(-c2csc(NC(=O)CSCC(=O)Nc3ccccc3F)n2)cc1. The van der Waals surface area contributed by atoms with Crippen molar-refractivity contribution in [3.63, 3.8) is 0 Å². The summed E-state index contributed by atoms with van der Waals surface area (Å²) in [5, 5.41) is 7.30. The van der Waals surface area contributed by atoms with Gasteiger partial charge in [-0.1, -0.05) is 24.3 Å². The molecule has 0 spiro atoms. The van der Waals surface area contributed by atoms with Crippen molar-refractivity contribution in [2.75, 3.05) is 33.1 Å². The van der Waals surface area contributed by atoms with E-state index in [1.165, 1.54) is 29.5 Å². The summed E-state index contributed by atoms with van der Waals surface area (Å²) in [5.41, 5.74) is 1.93. The number of thiazole rings is 1. The number of hydrogen-bond acceptors (Lipinski definition) is 7. The first-order valence-corrected chi connectivity index (χ1v) is 13.1. The fourth-order valence-corrected chi connectivity index (χ4v) is 4.44. The molecule has 0 saturated heterocycles. The van der Waals surface area contributed by atoms with Gasteiger partial charge in [0.25, 0.3) is 0 Å². The van der Waals surface area contributed by atoms with Crippen LogP contribution in [0.2, 0.25) is 0 Å². The number of amides is 2. The van der Waals surface area contributed by atoms with E-state index in [0.717, 1.165) is 23.6 Å². The standard InChI is InChI=1S/C20H19FN4O4S3/c1-32(28,29)25-14-8-6-13(7-9-14)17-10-31-20(23-17)24-19(27)12-30-11-18(26)22-16-5-3-2-4-15(16)21/h2-10,25H,11-12H2,1H3,(H,22,26)(H,23,24,27). The van der Waals surface area contributed by atoms with Crippen LogP contribution in [0.15, 0.2) is 53.9 Å². The van der Waals surface area contributed by atoms with Crippen LogP contribution in [-0.2, 0) is 19.6 Å². The van der Waals surface area contributed by atoms with E-state index in [1.807, 2.05) is 0 Å². The number of hydrogen-bond donors (Lipinski definition) is 3. The van der Waals surface area contributed by atoms with Gasteiger partial charge in [-0.15, -0.1) is 23.1 Å². The maximum absolute atomic E-state index is 13.5. The number of nitrogens with zero attached hydrogens (tertiary/aromatic N) is 1. The average Bonchev–Trinajstić information content (AvgIpc) is 3.17. The second-order valence-electron chi connectivity index (χ2n) is 6.56. The molecule has 0 fully saturated rings. The van der Waals surface area contributed by atoms with Crippen molar-refractivity contribution >= 4 is 61.4 Å². The van der Waals surface area contributed by atoms with Gasteiger partial charge in [0.05, 0.1) is 29.1 Å². The predicted octanol–water partition coefficient (Wildman–Crippen LogP) is 3.63. The van der Waals surface area contributed by atoms with Gasteiger partial charge in [-0.05, 0) is 24.3 Å². The van der Waals surface area contributed by atoms with Gasteiger partial charge in [0, 0.05) is 16.6 Å². The highest BCUT2D eigenvalue weighted by atomic mass is 32.2. The maximum Gasteiger partial charge on any atom is 0.236 e. The van der Waals surface area contributed by atoms with E-state index >= 15 is 0 Å². The molecule has 32 heavy (non-hydrogen) atoms. The highest BCUT2D eigenvalue weighted by molar-refractivity contribution is 8.00. The van der Waals surface area contributed by atoms with Gasteiger partial charge < -0.3 is 10.6 Å². The molecule has 0 radical (unpaired) electrons. The summed E-state index contributed by atoms with van der Waals surface area (Å²) in [7, 11) is -3.35. The Kier molecular flexibility index (Phi) is 7.83. The number of benzene rings is 2. The molecule has 0 atom stereocenters. The van der Waals surface area contributed by atoms with Crippen LogP contribution < -0.4 is 15.4 Å². The highest BCUT2D eigenvalue weighted by Gasteiger charge is 2.11. The number of aromatic nitrogens is 1. The average molecular weight is 495 g/mol. The molecule has 0 unspecified atom stereocenters. The molecule has 2 aromatic carbocycles. The Labute approximate surface area is 192 Å². The molecule has 0 saturated carbocycles. The molecule has 8 nitrogen and oxygen atoms in total. The lowest BCUT2D eigenvalue weighted by atomic mass is 10.1. The third kappa shape index (κ3) is 7.32. The summed E-state index contributed by atoms with van der Waals surface area (Å²) in [6, 6.07) is 12.5. The molecule has 3 N–H and O–H groups in total. The molecular weight excluding hydrogens is 475 g/mol. The van der Waals surface area contributed by atoms with Crippen molar-refractivity contribution in [2.24, 2.45) is 0 Å². The van der Waals surface area contributed by atoms with Gasteiger partial charge in [0.2, 0.25) is 21.8 Å². The Balaban J connectivity index is 1.46. The predicted molar refractivity (Wildman–Crippen MR) is 127 cm³/mol. The topological polar surface area (TPSA) is 117 Å². The van der Waals surface area contributed by atoms with E-state index in [4.69, 9.17) is 0 Å². The van der Waals surface area contributed by atoms with Crippen molar-refractivity contribution in [1.29, 1.82) is 0 Å². The van der Waals surface area contributed by atoms with Crippen LogP contribution in [0.4, 0.5) is 20.9 Å². The van der Waals surface area contributed by atoms with Gasteiger partial charge in [0.15, 0.2) is 5.13 Å². The lowest BCUT2D eigenvalue weighted by molar-refractivity contribution is -0.114. The summed E-state index contributed by atoms with van der Waals surface area (Å²) < 4.78 is 38.5. The monoisotopic (exact) mass is 494 g/mol. The molecule has 3 rings (SSSR count). The number of anilines is 3. The van der Waals surface area contributed by atoms with E-state index < -0.39 is 21.7 Å². The second-order valence-corrected chi connectivity index (χ2v) is 10.2. The fraction of sp³-hybridized carbons (Fsp3) is 0.150. The quantitative estimate of drug-likeness (QED) is 0.418. The summed E-state index contributed by atoms with van der Waals surface area (Å²) in [4.78, 5) is 28.3. The number of carbonyl (C=O) groups excluding carboxylic acids is 2. The molecule has 168 valence electrons. The van der Waals surface area contributed by atoms with Crippen LogP contribution in [0, 0.1) is 5.82 Å². The Hall–Kier alpha value is -2.96. The number of rotatable bonds is 9. The summed E-state index contributed by atoms with van der Waals surface area (Å²) >= 11 is 2.34. The summed E-state index contributed by atoms with van der Waals surface area (Å²) in [6.07, 6.45) is 1.07. The zero-order valence-corrected chi connectivity index (χ0v) is 19.2. The third-order valence-electron chi connectivity index (χ3n) is 3.85. The van der Waals surface area contributed by atoms with Gasteiger partial charge in [-0.25, -0.2) is 17.8 Å². The number of carbonyl (C=O) groups is 2. The van der Waals surface area contributed by atoms with Gasteiger partial charge in [-0.2, -0.15) is 0 Å². The lowest BCUT2D eigenvalue weighted by Gasteiger charge is -2.06. The molecule has 0 aliphatic carbocycles. The Bertz CT molecular complexity index is 1210. The normalized spacial score (nSPS) is 11.1. The lowest BCUT2D eigenvalue weighted by Crippen LogP contribution is -2.18. The second kappa shape index (κ2) is 10.6. The Morgan fingerprint density at radius 2 is 1.69 bits per heavy atom. The van der Waals surface area contributed by atoms with Crippen LogP contribution in [0.3, 0.4) is 0 Å². The molecule has 2 amide bonds. The van der Waals surface area contributed by atoms with Crippen LogP contribution in [0.25, 0.3) is 11.3 Å². The maximum atomic E-state index is 13.5. The van der Waals surface area contributed by atoms with Crippen molar-refractivity contribution in [2.45, 2.75) is 0 Å². The summed E-state index contributed by atoms with van der Waals surface area (Å²) in [6.45, 7) is 0. The minimum atomic E-state index is -3.35. The molecule has 3 aromatic rings. The minimum absolute atomic E-state index is 0.00125. The fourth-order valence-electron chi connectivity index (χ4n) is 2.53. The van der Waals surface area contributed by atoms with Gasteiger partial charge in [0.1, 0.15) is 5.82 Å². The smallest absolute Gasteiger partial charge is 0.236 e. The van der Waals surface area contributed by atoms with Crippen LogP contribution >= 0.6 is 23.1 Å². The largest absolute Gasteiger partial charge is 0.323 e. The first-order chi connectivity index (χ1) is 15.2. The summed E-state index contributed by atoms with van der Waals surface area (Å²) in [5.74, 6) is -1.21. The highest BCUT2D eigenvalue weighted by Crippen LogP contribution is 2.26. The van der Waals surface area contributed by atoms with Crippen LogP contribution in [0.1, 0.15) is 0 Å². The van der Waals surface area contributed by atoms with E-state index in [-0.39, 0.29) is 23.1 Å². The van der Waals surface area contributed by atoms with Gasteiger partial charge in [-0.3, -0.25) is 14.3 Å². The zero-order chi connectivity index (χ0) is 23.1. The van der Waals surface area contributed by atoms with E-state index in [9.17, 15) is 22.4 Å². The van der Waals surface area contributed by atoms with Crippen molar-refractivity contribution in [3.05, 3.63) is 59.7 Å². The molecule has 1 heterocycles. The minimum Gasteiger partial charge on any atom is -0.323 e. The van der Waals surface area contributed by atoms with Crippen LogP contribution in [-0.4, -0.2) is 43.0 Å². The van der Waals surface area contributed by atoms with Crippen molar-refractivity contribution < 1.29 is 22.4 Å².